The number of carbonyl (C=O) groups is 2. The third-order valence-corrected chi connectivity index (χ3v) is 4.92. The molecule has 0 unspecified atom stereocenters. The van der Waals surface area contributed by atoms with Crippen molar-refractivity contribution in [1.29, 1.82) is 0 Å². The molecule has 0 saturated carbocycles. The summed E-state index contributed by atoms with van der Waals surface area (Å²) in [7, 11) is 0. The van der Waals surface area contributed by atoms with Crippen LogP contribution in [-0.2, 0) is 9.59 Å². The van der Waals surface area contributed by atoms with Gasteiger partial charge in [-0.05, 0) is 36.4 Å². The van der Waals surface area contributed by atoms with Crippen molar-refractivity contribution >= 4 is 23.2 Å². The number of anilines is 2. The van der Waals surface area contributed by atoms with E-state index in [1.54, 1.807) is 0 Å². The second kappa shape index (κ2) is 11.0. The van der Waals surface area contributed by atoms with Gasteiger partial charge in [-0.25, -0.2) is 0 Å². The standard InChI is InChI=1S/C22H25F3N4O3/c23-22(24,25)32-19-8-6-18(7-9-19)27-21(31)16-29-14-12-28(13-15-29)11-10-20(30)26-17-4-2-1-3-5-17/h1-9H,10-16H2,(H,26,30)(H,27,31). The smallest absolute Gasteiger partial charge is 0.406 e. The van der Waals surface area contributed by atoms with E-state index >= 15 is 0 Å². The van der Waals surface area contributed by atoms with Crippen molar-refractivity contribution in [2.45, 2.75) is 12.8 Å². The van der Waals surface area contributed by atoms with Gasteiger partial charge in [-0.2, -0.15) is 0 Å². The highest BCUT2D eigenvalue weighted by molar-refractivity contribution is 5.92. The van der Waals surface area contributed by atoms with Crippen molar-refractivity contribution in [2.24, 2.45) is 0 Å². The molecule has 1 fully saturated rings. The number of rotatable bonds is 8. The number of hydrogen-bond acceptors (Lipinski definition) is 5. The first kappa shape index (κ1) is 23.6. The number of benzene rings is 2. The van der Waals surface area contributed by atoms with Crippen LogP contribution in [0.3, 0.4) is 0 Å². The number of para-hydroxylation sites is 1. The summed E-state index contributed by atoms with van der Waals surface area (Å²) < 4.78 is 40.4. The van der Waals surface area contributed by atoms with E-state index in [1.165, 1.54) is 12.1 Å². The molecule has 0 spiro atoms. The lowest BCUT2D eigenvalue weighted by Crippen LogP contribution is -2.49. The van der Waals surface area contributed by atoms with Crippen LogP contribution in [0.15, 0.2) is 54.6 Å². The van der Waals surface area contributed by atoms with Crippen LogP contribution in [-0.4, -0.2) is 67.2 Å². The second-order valence-corrected chi connectivity index (χ2v) is 7.40. The molecule has 32 heavy (non-hydrogen) atoms. The van der Waals surface area contributed by atoms with Crippen molar-refractivity contribution in [1.82, 2.24) is 9.80 Å². The van der Waals surface area contributed by atoms with E-state index in [2.05, 4.69) is 20.3 Å². The number of nitrogens with zero attached hydrogens (tertiary/aromatic N) is 2. The molecule has 2 N–H and O–H groups in total. The zero-order chi connectivity index (χ0) is 23.0. The maximum atomic E-state index is 12.2. The highest BCUT2D eigenvalue weighted by Gasteiger charge is 2.31. The minimum atomic E-state index is -4.75. The molecule has 1 aliphatic rings. The third kappa shape index (κ3) is 8.20. The van der Waals surface area contributed by atoms with E-state index in [-0.39, 0.29) is 24.1 Å². The van der Waals surface area contributed by atoms with Crippen molar-refractivity contribution in [3.05, 3.63) is 54.6 Å². The Balaban J connectivity index is 1.34. The maximum Gasteiger partial charge on any atom is 0.573 e. The van der Waals surface area contributed by atoms with Gasteiger partial charge >= 0.3 is 6.36 Å². The molecular weight excluding hydrogens is 425 g/mol. The van der Waals surface area contributed by atoms with Crippen molar-refractivity contribution < 1.29 is 27.5 Å². The monoisotopic (exact) mass is 450 g/mol. The first-order valence-electron chi connectivity index (χ1n) is 10.2. The topological polar surface area (TPSA) is 73.9 Å². The molecule has 10 heteroatoms. The summed E-state index contributed by atoms with van der Waals surface area (Å²) >= 11 is 0. The summed E-state index contributed by atoms with van der Waals surface area (Å²) in [4.78, 5) is 28.5. The number of carbonyl (C=O) groups excluding carboxylic acids is 2. The van der Waals surface area contributed by atoms with Gasteiger partial charge in [-0.3, -0.25) is 14.5 Å². The summed E-state index contributed by atoms with van der Waals surface area (Å²) in [5.74, 6) is -0.626. The average Bonchev–Trinajstić information content (AvgIpc) is 2.74. The lowest BCUT2D eigenvalue weighted by atomic mass is 10.2. The van der Waals surface area contributed by atoms with Gasteiger partial charge in [0.2, 0.25) is 11.8 Å². The molecule has 2 aromatic rings. The van der Waals surface area contributed by atoms with Crippen LogP contribution in [0.4, 0.5) is 24.5 Å². The molecule has 0 atom stereocenters. The van der Waals surface area contributed by atoms with Crippen molar-refractivity contribution in [3.8, 4) is 5.75 Å². The van der Waals surface area contributed by atoms with Crippen LogP contribution in [0.2, 0.25) is 0 Å². The molecule has 1 aliphatic heterocycles. The van der Waals surface area contributed by atoms with Gasteiger partial charge in [0.05, 0.1) is 6.54 Å². The van der Waals surface area contributed by atoms with E-state index in [4.69, 9.17) is 0 Å². The van der Waals surface area contributed by atoms with Gasteiger partial charge in [0, 0.05) is 50.5 Å². The molecule has 0 aromatic heterocycles. The number of ether oxygens (including phenoxy) is 1. The summed E-state index contributed by atoms with van der Waals surface area (Å²) in [6.07, 6.45) is -4.36. The fourth-order valence-corrected chi connectivity index (χ4v) is 3.32. The fraction of sp³-hybridized carbons (Fsp3) is 0.364. The maximum absolute atomic E-state index is 12.2. The van der Waals surface area contributed by atoms with E-state index in [0.29, 0.717) is 31.7 Å². The van der Waals surface area contributed by atoms with E-state index in [1.807, 2.05) is 35.2 Å². The molecule has 2 aromatic carbocycles. The van der Waals surface area contributed by atoms with Crippen molar-refractivity contribution in [3.63, 3.8) is 0 Å². The average molecular weight is 450 g/mol. The normalized spacial score (nSPS) is 15.2. The Hall–Kier alpha value is -3.11. The van der Waals surface area contributed by atoms with Gasteiger partial charge in [0.1, 0.15) is 5.75 Å². The number of alkyl halides is 3. The van der Waals surface area contributed by atoms with Crippen LogP contribution >= 0.6 is 0 Å². The Morgan fingerprint density at radius 1 is 0.812 bits per heavy atom. The lowest BCUT2D eigenvalue weighted by Gasteiger charge is -2.34. The number of halogens is 3. The Morgan fingerprint density at radius 3 is 2.00 bits per heavy atom. The number of nitrogens with one attached hydrogen (secondary N) is 2. The first-order valence-corrected chi connectivity index (χ1v) is 10.2. The highest BCUT2D eigenvalue weighted by Crippen LogP contribution is 2.24. The van der Waals surface area contributed by atoms with E-state index in [0.717, 1.165) is 30.9 Å². The molecule has 2 amide bonds. The summed E-state index contributed by atoms with van der Waals surface area (Å²) in [6.45, 7) is 3.69. The SMILES string of the molecule is O=C(CCN1CCN(CC(=O)Nc2ccc(OC(F)(F)F)cc2)CC1)Nc1ccccc1. The molecular formula is C22H25F3N4O3. The summed E-state index contributed by atoms with van der Waals surface area (Å²) in [5, 5.41) is 5.53. The van der Waals surface area contributed by atoms with Gasteiger partial charge in [-0.15, -0.1) is 13.2 Å². The Labute approximate surface area is 184 Å². The zero-order valence-corrected chi connectivity index (χ0v) is 17.4. The quantitative estimate of drug-likeness (QED) is 0.647. The molecule has 1 saturated heterocycles. The molecule has 0 bridgehead atoms. The Bertz CT molecular complexity index is 884. The molecule has 3 rings (SSSR count). The molecule has 7 nitrogen and oxygen atoms in total. The largest absolute Gasteiger partial charge is 0.573 e. The molecule has 172 valence electrons. The van der Waals surface area contributed by atoms with Crippen LogP contribution in [0.5, 0.6) is 5.75 Å². The van der Waals surface area contributed by atoms with E-state index in [9.17, 15) is 22.8 Å². The minimum absolute atomic E-state index is 0.0374. The van der Waals surface area contributed by atoms with Crippen LogP contribution in [0, 0.1) is 0 Å². The van der Waals surface area contributed by atoms with Gasteiger partial charge in [0.25, 0.3) is 0 Å². The Kier molecular flexibility index (Phi) is 8.07. The predicted molar refractivity (Wildman–Crippen MR) is 114 cm³/mol. The number of piperazine rings is 1. The van der Waals surface area contributed by atoms with Crippen LogP contribution < -0.4 is 15.4 Å². The van der Waals surface area contributed by atoms with Gasteiger partial charge < -0.3 is 20.3 Å². The first-order chi connectivity index (χ1) is 15.3. The minimum Gasteiger partial charge on any atom is -0.406 e. The molecule has 1 heterocycles. The second-order valence-electron chi connectivity index (χ2n) is 7.40. The Morgan fingerprint density at radius 2 is 1.38 bits per heavy atom. The summed E-state index contributed by atoms with van der Waals surface area (Å²) in [5.41, 5.74) is 1.17. The fourth-order valence-electron chi connectivity index (χ4n) is 3.32. The summed E-state index contributed by atoms with van der Waals surface area (Å²) in [6, 6.07) is 14.3. The third-order valence-electron chi connectivity index (χ3n) is 4.92. The molecule has 0 aliphatic carbocycles. The number of hydrogen-bond donors (Lipinski definition) is 2. The van der Waals surface area contributed by atoms with E-state index < -0.39 is 6.36 Å². The molecule has 0 radical (unpaired) electrons. The van der Waals surface area contributed by atoms with Gasteiger partial charge in [-0.1, -0.05) is 18.2 Å². The van der Waals surface area contributed by atoms with Crippen LogP contribution in [0.1, 0.15) is 6.42 Å². The van der Waals surface area contributed by atoms with Crippen molar-refractivity contribution in [2.75, 3.05) is 49.9 Å². The van der Waals surface area contributed by atoms with Gasteiger partial charge in [0.15, 0.2) is 0 Å². The lowest BCUT2D eigenvalue weighted by molar-refractivity contribution is -0.274. The number of amides is 2. The highest BCUT2D eigenvalue weighted by atomic mass is 19.4. The van der Waals surface area contributed by atoms with Crippen LogP contribution in [0.25, 0.3) is 0 Å². The predicted octanol–water partition coefficient (Wildman–Crippen LogP) is 3.17. The zero-order valence-electron chi connectivity index (χ0n) is 17.4.